The predicted molar refractivity (Wildman–Crippen MR) is 95.8 cm³/mol. The van der Waals surface area contributed by atoms with Crippen molar-refractivity contribution in [2.75, 3.05) is 6.26 Å². The molecule has 0 aliphatic rings. The van der Waals surface area contributed by atoms with E-state index in [1.165, 1.54) is 12.1 Å². The number of thioether (sulfide) groups is 1. The molecule has 0 aliphatic heterocycles. The Morgan fingerprint density at radius 1 is 1.25 bits per heavy atom. The van der Waals surface area contributed by atoms with E-state index in [1.54, 1.807) is 23.9 Å². The Hall–Kier alpha value is -2.24. The summed E-state index contributed by atoms with van der Waals surface area (Å²) in [6.45, 7) is 0.0144. The monoisotopic (exact) mass is 359 g/mol. The molecule has 6 heteroatoms. The highest BCUT2D eigenvalue weighted by Gasteiger charge is 2.11. The largest absolute Gasteiger partial charge is 0.508 e. The van der Waals surface area contributed by atoms with Crippen molar-refractivity contribution < 1.29 is 14.6 Å². The average molecular weight is 360 g/mol. The summed E-state index contributed by atoms with van der Waals surface area (Å²) in [6, 6.07) is 13.8. The van der Waals surface area contributed by atoms with Crippen LogP contribution in [0.4, 0.5) is 0 Å². The fourth-order valence-corrected chi connectivity index (χ4v) is 2.89. The lowest BCUT2D eigenvalue weighted by atomic mass is 10.1. The Morgan fingerprint density at radius 2 is 2.08 bits per heavy atom. The number of ether oxygens (including phenoxy) is 1. The van der Waals surface area contributed by atoms with E-state index in [0.717, 1.165) is 15.8 Å². The molecule has 3 aromatic rings. The summed E-state index contributed by atoms with van der Waals surface area (Å²) >= 11 is 7.84. The van der Waals surface area contributed by atoms with E-state index in [9.17, 15) is 9.90 Å². The first kappa shape index (κ1) is 16.6. The number of rotatable bonds is 4. The van der Waals surface area contributed by atoms with Crippen molar-refractivity contribution in [1.82, 2.24) is 4.98 Å². The molecule has 0 amide bonds. The second kappa shape index (κ2) is 7.11. The Balaban J connectivity index is 1.80. The molecule has 122 valence electrons. The molecule has 24 heavy (non-hydrogen) atoms. The highest BCUT2D eigenvalue weighted by atomic mass is 35.5. The van der Waals surface area contributed by atoms with E-state index in [1.807, 2.05) is 30.5 Å². The maximum absolute atomic E-state index is 12.0. The number of nitrogens with zero attached hydrogens (tertiary/aromatic N) is 1. The van der Waals surface area contributed by atoms with Gasteiger partial charge in [-0.2, -0.15) is 0 Å². The van der Waals surface area contributed by atoms with Crippen LogP contribution in [0.2, 0.25) is 5.15 Å². The lowest BCUT2D eigenvalue weighted by molar-refractivity contribution is 0.0472. The Labute approximate surface area is 148 Å². The standard InChI is InChI=1S/C18H14ClNO3S/c1-24-15-6-5-11-7-13(17(19)20-16(11)9-15)10-23-18(22)12-3-2-4-14(21)8-12/h2-9,21H,10H2,1H3. The van der Waals surface area contributed by atoms with Crippen LogP contribution >= 0.6 is 23.4 Å². The first-order valence-electron chi connectivity index (χ1n) is 7.16. The molecule has 1 heterocycles. The molecule has 0 aliphatic carbocycles. The Bertz CT molecular complexity index is 914. The van der Waals surface area contributed by atoms with Gasteiger partial charge in [0.15, 0.2) is 0 Å². The lowest BCUT2D eigenvalue weighted by Crippen LogP contribution is -2.05. The minimum atomic E-state index is -0.528. The molecule has 2 aromatic carbocycles. The number of esters is 1. The maximum Gasteiger partial charge on any atom is 0.338 e. The average Bonchev–Trinajstić information content (AvgIpc) is 2.59. The third-order valence-electron chi connectivity index (χ3n) is 3.49. The summed E-state index contributed by atoms with van der Waals surface area (Å²) in [6.07, 6.45) is 2.00. The van der Waals surface area contributed by atoms with E-state index in [-0.39, 0.29) is 17.9 Å². The van der Waals surface area contributed by atoms with Gasteiger partial charge in [-0.05, 0) is 42.7 Å². The molecule has 0 spiro atoms. The number of hydrogen-bond acceptors (Lipinski definition) is 5. The zero-order chi connectivity index (χ0) is 17.1. The number of halogens is 1. The zero-order valence-electron chi connectivity index (χ0n) is 12.8. The molecule has 0 atom stereocenters. The molecule has 0 bridgehead atoms. The predicted octanol–water partition coefficient (Wildman–Crippen LogP) is 4.67. The first-order valence-corrected chi connectivity index (χ1v) is 8.76. The fourth-order valence-electron chi connectivity index (χ4n) is 2.25. The second-order valence-electron chi connectivity index (χ2n) is 5.12. The van der Waals surface area contributed by atoms with E-state index in [4.69, 9.17) is 16.3 Å². The lowest BCUT2D eigenvalue weighted by Gasteiger charge is -2.08. The Kier molecular flexibility index (Phi) is 4.92. The zero-order valence-corrected chi connectivity index (χ0v) is 14.4. The van der Waals surface area contributed by atoms with Crippen LogP contribution in [0.1, 0.15) is 15.9 Å². The first-order chi connectivity index (χ1) is 11.6. The summed E-state index contributed by atoms with van der Waals surface area (Å²) in [5.41, 5.74) is 1.72. The topological polar surface area (TPSA) is 59.4 Å². The van der Waals surface area contributed by atoms with Crippen molar-refractivity contribution in [3.8, 4) is 5.75 Å². The van der Waals surface area contributed by atoms with Crippen LogP contribution < -0.4 is 0 Å². The van der Waals surface area contributed by atoms with Crippen LogP contribution in [0.3, 0.4) is 0 Å². The van der Waals surface area contributed by atoms with Crippen LogP contribution in [0.5, 0.6) is 5.75 Å². The summed E-state index contributed by atoms with van der Waals surface area (Å²) in [4.78, 5) is 17.5. The molecule has 4 nitrogen and oxygen atoms in total. The second-order valence-corrected chi connectivity index (χ2v) is 6.36. The molecule has 0 unspecified atom stereocenters. The summed E-state index contributed by atoms with van der Waals surface area (Å²) < 4.78 is 5.27. The summed E-state index contributed by atoms with van der Waals surface area (Å²) in [5.74, 6) is -0.515. The van der Waals surface area contributed by atoms with E-state index in [2.05, 4.69) is 4.98 Å². The number of hydrogen-bond donors (Lipinski definition) is 1. The molecular weight excluding hydrogens is 346 g/mol. The van der Waals surface area contributed by atoms with Crippen molar-refractivity contribution in [3.63, 3.8) is 0 Å². The number of carbonyl (C=O) groups excluding carboxylic acids is 1. The highest BCUT2D eigenvalue weighted by molar-refractivity contribution is 7.98. The fraction of sp³-hybridized carbons (Fsp3) is 0.111. The minimum Gasteiger partial charge on any atom is -0.508 e. The number of pyridine rings is 1. The third-order valence-corrected chi connectivity index (χ3v) is 4.54. The summed E-state index contributed by atoms with van der Waals surface area (Å²) in [7, 11) is 0. The smallest absolute Gasteiger partial charge is 0.338 e. The number of aromatic nitrogens is 1. The van der Waals surface area contributed by atoms with Crippen molar-refractivity contribution in [3.05, 3.63) is 64.8 Å². The van der Waals surface area contributed by atoms with Crippen LogP contribution in [0.25, 0.3) is 10.9 Å². The van der Waals surface area contributed by atoms with Gasteiger partial charge in [0.05, 0.1) is 11.1 Å². The van der Waals surface area contributed by atoms with Gasteiger partial charge in [0.25, 0.3) is 0 Å². The van der Waals surface area contributed by atoms with Crippen LogP contribution in [-0.4, -0.2) is 22.3 Å². The van der Waals surface area contributed by atoms with Gasteiger partial charge in [-0.3, -0.25) is 0 Å². The number of aromatic hydroxyl groups is 1. The molecule has 0 fully saturated rings. The molecular formula is C18H14ClNO3S. The van der Waals surface area contributed by atoms with Crippen LogP contribution in [-0.2, 0) is 11.3 Å². The number of phenols is 1. The maximum atomic E-state index is 12.0. The normalized spacial score (nSPS) is 10.8. The van der Waals surface area contributed by atoms with Crippen molar-refractivity contribution in [2.45, 2.75) is 11.5 Å². The van der Waals surface area contributed by atoms with Gasteiger partial charge in [0.1, 0.15) is 17.5 Å². The van der Waals surface area contributed by atoms with E-state index in [0.29, 0.717) is 10.7 Å². The Morgan fingerprint density at radius 3 is 2.83 bits per heavy atom. The summed E-state index contributed by atoms with van der Waals surface area (Å²) in [5, 5.41) is 10.7. The number of benzene rings is 2. The van der Waals surface area contributed by atoms with Crippen molar-refractivity contribution in [2.24, 2.45) is 0 Å². The van der Waals surface area contributed by atoms with Gasteiger partial charge in [-0.15, -0.1) is 11.8 Å². The molecule has 0 saturated carbocycles. The quantitative estimate of drug-likeness (QED) is 0.416. The van der Waals surface area contributed by atoms with Gasteiger partial charge >= 0.3 is 5.97 Å². The number of fused-ring (bicyclic) bond motifs is 1. The van der Waals surface area contributed by atoms with Gasteiger partial charge in [0.2, 0.25) is 0 Å². The molecule has 1 aromatic heterocycles. The molecule has 0 radical (unpaired) electrons. The SMILES string of the molecule is CSc1ccc2cc(COC(=O)c3cccc(O)c3)c(Cl)nc2c1. The minimum absolute atomic E-state index is 0.0134. The molecule has 1 N–H and O–H groups in total. The van der Waals surface area contributed by atoms with Gasteiger partial charge in [-0.25, -0.2) is 9.78 Å². The number of phenolic OH excluding ortho intramolecular Hbond substituents is 1. The molecule has 3 rings (SSSR count). The number of carbonyl (C=O) groups is 1. The van der Waals surface area contributed by atoms with E-state index >= 15 is 0 Å². The van der Waals surface area contributed by atoms with Crippen molar-refractivity contribution in [1.29, 1.82) is 0 Å². The van der Waals surface area contributed by atoms with Crippen LogP contribution in [0, 0.1) is 0 Å². The molecule has 0 saturated heterocycles. The van der Waals surface area contributed by atoms with Gasteiger partial charge in [-0.1, -0.05) is 23.7 Å². The third kappa shape index (κ3) is 3.63. The van der Waals surface area contributed by atoms with Gasteiger partial charge < -0.3 is 9.84 Å². The van der Waals surface area contributed by atoms with E-state index < -0.39 is 5.97 Å². The van der Waals surface area contributed by atoms with Crippen molar-refractivity contribution >= 4 is 40.2 Å². The highest BCUT2D eigenvalue weighted by Crippen LogP contribution is 2.25. The van der Waals surface area contributed by atoms with Gasteiger partial charge in [0, 0.05) is 15.8 Å². The van der Waals surface area contributed by atoms with Crippen LogP contribution in [0.15, 0.2) is 53.4 Å².